The molecule has 10 heteroatoms. The minimum absolute atomic E-state index is 0.153. The maximum atomic E-state index is 14.1. The number of carbonyl (C=O) groups excluding carboxylic acids is 1. The number of nitrogens with one attached hydrogen (secondary N) is 2. The van der Waals surface area contributed by atoms with Gasteiger partial charge in [-0.15, -0.1) is 0 Å². The first kappa shape index (κ1) is 20.4. The summed E-state index contributed by atoms with van der Waals surface area (Å²) in [6.45, 7) is 2.46. The summed E-state index contributed by atoms with van der Waals surface area (Å²) in [7, 11) is 0. The van der Waals surface area contributed by atoms with Gasteiger partial charge < -0.3 is 20.3 Å². The quantitative estimate of drug-likeness (QED) is 0.775. The van der Waals surface area contributed by atoms with Crippen LogP contribution in [0.1, 0.15) is 18.9 Å². The summed E-state index contributed by atoms with van der Waals surface area (Å²) in [6, 6.07) is 4.31. The van der Waals surface area contributed by atoms with Crippen molar-refractivity contribution in [3.05, 3.63) is 30.1 Å². The van der Waals surface area contributed by atoms with Gasteiger partial charge in [-0.2, -0.15) is 5.26 Å². The minimum Gasteiger partial charge on any atom is -0.364 e. The first-order valence-corrected chi connectivity index (χ1v) is 9.82. The number of rotatable bonds is 3. The van der Waals surface area contributed by atoms with Gasteiger partial charge in [0, 0.05) is 18.9 Å². The van der Waals surface area contributed by atoms with E-state index in [1.807, 2.05) is 11.8 Å². The summed E-state index contributed by atoms with van der Waals surface area (Å²) in [5.74, 6) is -3.56. The van der Waals surface area contributed by atoms with Crippen LogP contribution in [-0.2, 0) is 9.53 Å². The lowest BCUT2D eigenvalue weighted by Crippen LogP contribution is -2.61. The number of piperidine rings is 1. The summed E-state index contributed by atoms with van der Waals surface area (Å²) in [5, 5.41) is 14.4. The highest BCUT2D eigenvalue weighted by molar-refractivity contribution is 5.92. The highest BCUT2D eigenvalue weighted by atomic mass is 19.3. The molecule has 3 atom stereocenters. The molecule has 1 aromatic carbocycles. The van der Waals surface area contributed by atoms with E-state index >= 15 is 0 Å². The second-order valence-corrected chi connectivity index (χ2v) is 7.63. The van der Waals surface area contributed by atoms with Gasteiger partial charge in [0.05, 0.1) is 36.5 Å². The number of aromatic nitrogens is 2. The number of alkyl halides is 2. The molecular formula is C20H22F2N6O2. The largest absolute Gasteiger partial charge is 0.364 e. The van der Waals surface area contributed by atoms with E-state index in [1.54, 1.807) is 18.3 Å². The molecule has 1 aromatic heterocycles. The summed E-state index contributed by atoms with van der Waals surface area (Å²) < 4.78 is 33.9. The zero-order valence-electron chi connectivity index (χ0n) is 16.4. The van der Waals surface area contributed by atoms with Crippen molar-refractivity contribution in [2.24, 2.45) is 0 Å². The number of halogens is 2. The molecule has 1 amide bonds. The number of benzene rings is 1. The summed E-state index contributed by atoms with van der Waals surface area (Å²) in [6.07, 6.45) is 2.01. The van der Waals surface area contributed by atoms with E-state index in [1.165, 1.54) is 6.20 Å². The summed E-state index contributed by atoms with van der Waals surface area (Å²) >= 11 is 0. The van der Waals surface area contributed by atoms with E-state index in [9.17, 15) is 18.8 Å². The summed E-state index contributed by atoms with van der Waals surface area (Å²) in [4.78, 5) is 23.3. The molecule has 30 heavy (non-hydrogen) atoms. The number of anilines is 1. The van der Waals surface area contributed by atoms with Gasteiger partial charge in [0.15, 0.2) is 6.10 Å². The molecule has 2 N–H and O–H groups in total. The van der Waals surface area contributed by atoms with Crippen LogP contribution >= 0.6 is 0 Å². The number of fused-ring (bicyclic) bond motifs is 1. The molecule has 4 rings (SSSR count). The first-order valence-electron chi connectivity index (χ1n) is 9.82. The van der Waals surface area contributed by atoms with Gasteiger partial charge in [-0.05, 0) is 32.0 Å². The van der Waals surface area contributed by atoms with Crippen LogP contribution in [0.15, 0.2) is 24.5 Å². The monoisotopic (exact) mass is 416 g/mol. The molecule has 2 aliphatic rings. The highest BCUT2D eigenvalue weighted by Gasteiger charge is 2.44. The topological polar surface area (TPSA) is 103 Å². The van der Waals surface area contributed by atoms with Gasteiger partial charge in [-0.3, -0.25) is 14.8 Å². The Balaban J connectivity index is 1.56. The lowest BCUT2D eigenvalue weighted by atomic mass is 10.0. The molecule has 2 aromatic rings. The number of nitrogens with zero attached hydrogens (tertiary/aromatic N) is 4. The van der Waals surface area contributed by atoms with Gasteiger partial charge in [0.2, 0.25) is 0 Å². The third kappa shape index (κ3) is 3.91. The second-order valence-electron chi connectivity index (χ2n) is 7.63. The predicted molar refractivity (Wildman–Crippen MR) is 105 cm³/mol. The Morgan fingerprint density at radius 1 is 1.33 bits per heavy atom. The van der Waals surface area contributed by atoms with Gasteiger partial charge >= 0.3 is 0 Å². The van der Waals surface area contributed by atoms with Crippen molar-refractivity contribution >= 4 is 22.6 Å². The smallest absolute Gasteiger partial charge is 0.280 e. The number of hydrogen-bond acceptors (Lipinski definition) is 7. The SMILES string of the molecule is CC1CN(c2ccc(C#N)c3nccnc23)C[C@H](C(=O)NC2CCNCC2(F)F)O1. The summed E-state index contributed by atoms with van der Waals surface area (Å²) in [5.41, 5.74) is 2.16. The Labute approximate surface area is 172 Å². The third-order valence-electron chi connectivity index (χ3n) is 5.41. The second kappa shape index (κ2) is 8.08. The molecule has 2 aliphatic heterocycles. The Morgan fingerprint density at radius 3 is 2.83 bits per heavy atom. The van der Waals surface area contributed by atoms with E-state index in [4.69, 9.17) is 4.74 Å². The zero-order chi connectivity index (χ0) is 21.3. The molecule has 2 saturated heterocycles. The fourth-order valence-electron chi connectivity index (χ4n) is 3.96. The van der Waals surface area contributed by atoms with Crippen LogP contribution in [0.4, 0.5) is 14.5 Å². The van der Waals surface area contributed by atoms with E-state index in [0.29, 0.717) is 29.7 Å². The van der Waals surface area contributed by atoms with E-state index < -0.39 is 30.5 Å². The van der Waals surface area contributed by atoms with Crippen molar-refractivity contribution in [2.75, 3.05) is 31.1 Å². The lowest BCUT2D eigenvalue weighted by Gasteiger charge is -2.39. The highest BCUT2D eigenvalue weighted by Crippen LogP contribution is 2.29. The normalized spacial score (nSPS) is 26.2. The Kier molecular flexibility index (Phi) is 5.49. The van der Waals surface area contributed by atoms with Gasteiger partial charge in [0.25, 0.3) is 11.8 Å². The molecular weight excluding hydrogens is 394 g/mol. The van der Waals surface area contributed by atoms with Crippen molar-refractivity contribution in [2.45, 2.75) is 37.5 Å². The fourth-order valence-corrected chi connectivity index (χ4v) is 3.96. The Hall–Kier alpha value is -2.90. The molecule has 2 unspecified atom stereocenters. The Morgan fingerprint density at radius 2 is 2.10 bits per heavy atom. The van der Waals surface area contributed by atoms with Crippen LogP contribution in [0.2, 0.25) is 0 Å². The molecule has 8 nitrogen and oxygen atoms in total. The van der Waals surface area contributed by atoms with Crippen LogP contribution in [0, 0.1) is 11.3 Å². The standard InChI is InChI=1S/C20H22F2N6O2/c1-12-9-28(14-3-2-13(8-23)17-18(14)26-7-6-25-17)10-15(30-12)19(29)27-16-4-5-24-11-20(16,21)22/h2-3,6-7,12,15-16,24H,4-5,9-11H2,1H3,(H,27,29)/t12?,15-,16?/m1/s1. The molecule has 3 heterocycles. The number of carbonyl (C=O) groups is 1. The number of morpholine rings is 1. The van der Waals surface area contributed by atoms with E-state index in [-0.39, 0.29) is 19.1 Å². The van der Waals surface area contributed by atoms with Crippen LogP contribution in [0.25, 0.3) is 11.0 Å². The van der Waals surface area contributed by atoms with Crippen molar-refractivity contribution in [1.82, 2.24) is 20.6 Å². The molecule has 0 aliphatic carbocycles. The van der Waals surface area contributed by atoms with Gasteiger partial charge in [-0.25, -0.2) is 8.78 Å². The predicted octanol–water partition coefficient (Wildman–Crippen LogP) is 1.21. The van der Waals surface area contributed by atoms with Crippen LogP contribution in [-0.4, -0.2) is 66.2 Å². The molecule has 158 valence electrons. The minimum atomic E-state index is -3.01. The maximum Gasteiger partial charge on any atom is 0.280 e. The van der Waals surface area contributed by atoms with Crippen LogP contribution in [0.5, 0.6) is 0 Å². The van der Waals surface area contributed by atoms with Crippen molar-refractivity contribution in [3.8, 4) is 6.07 Å². The number of hydrogen-bond donors (Lipinski definition) is 2. The van der Waals surface area contributed by atoms with Crippen molar-refractivity contribution in [1.29, 1.82) is 5.26 Å². The zero-order valence-corrected chi connectivity index (χ0v) is 16.4. The number of amides is 1. The van der Waals surface area contributed by atoms with Gasteiger partial charge in [-0.1, -0.05) is 0 Å². The molecule has 0 bridgehead atoms. The fraction of sp³-hybridized carbons (Fsp3) is 0.500. The average molecular weight is 416 g/mol. The Bertz CT molecular complexity index is 995. The molecule has 2 fully saturated rings. The van der Waals surface area contributed by atoms with Crippen molar-refractivity contribution < 1.29 is 18.3 Å². The van der Waals surface area contributed by atoms with Crippen LogP contribution < -0.4 is 15.5 Å². The third-order valence-corrected chi connectivity index (χ3v) is 5.41. The van der Waals surface area contributed by atoms with Crippen molar-refractivity contribution in [3.63, 3.8) is 0 Å². The van der Waals surface area contributed by atoms with Crippen LogP contribution in [0.3, 0.4) is 0 Å². The molecule has 0 radical (unpaired) electrons. The van der Waals surface area contributed by atoms with E-state index in [0.717, 1.165) is 5.69 Å². The number of nitriles is 1. The van der Waals surface area contributed by atoms with E-state index in [2.05, 4.69) is 26.7 Å². The van der Waals surface area contributed by atoms with Gasteiger partial charge in [0.1, 0.15) is 17.1 Å². The lowest BCUT2D eigenvalue weighted by molar-refractivity contribution is -0.142. The maximum absolute atomic E-state index is 14.1. The average Bonchev–Trinajstić information content (AvgIpc) is 2.73. The molecule has 0 saturated carbocycles. The molecule has 0 spiro atoms. The first-order chi connectivity index (χ1) is 14.4. The number of ether oxygens (including phenoxy) is 1.